The Balaban J connectivity index is 1.48. The quantitative estimate of drug-likeness (QED) is 0.712. The van der Waals surface area contributed by atoms with Gasteiger partial charge in [-0.25, -0.2) is 0 Å². The lowest BCUT2D eigenvalue weighted by molar-refractivity contribution is 0.682. The summed E-state index contributed by atoms with van der Waals surface area (Å²) >= 11 is 1.33. The standard InChI is InChI=1S/C17H17N3OS2/c21-23(13-14-7-3-1-4-8-14)12-11-18-17-19-16(20-22-17)15-9-5-2-6-10-15/h1-10H,11-13H2,(H,18,19,20). The van der Waals surface area contributed by atoms with Crippen LogP contribution in [0.5, 0.6) is 0 Å². The largest absolute Gasteiger partial charge is 0.359 e. The van der Waals surface area contributed by atoms with Gasteiger partial charge in [0.25, 0.3) is 0 Å². The van der Waals surface area contributed by atoms with E-state index in [9.17, 15) is 4.21 Å². The summed E-state index contributed by atoms with van der Waals surface area (Å²) in [6.45, 7) is 0.628. The van der Waals surface area contributed by atoms with Crippen molar-refractivity contribution < 1.29 is 4.21 Å². The van der Waals surface area contributed by atoms with E-state index in [0.717, 1.165) is 22.1 Å². The minimum absolute atomic E-state index is 0.591. The van der Waals surface area contributed by atoms with Gasteiger partial charge in [0.05, 0.1) is 0 Å². The molecule has 2 aromatic carbocycles. The van der Waals surface area contributed by atoms with E-state index in [4.69, 9.17) is 0 Å². The van der Waals surface area contributed by atoms with Crippen molar-refractivity contribution in [3.8, 4) is 11.4 Å². The first-order valence-electron chi connectivity index (χ1n) is 7.33. The van der Waals surface area contributed by atoms with Gasteiger partial charge in [0.1, 0.15) is 0 Å². The predicted molar refractivity (Wildman–Crippen MR) is 97.0 cm³/mol. The predicted octanol–water partition coefficient (Wildman–Crippen LogP) is 3.57. The van der Waals surface area contributed by atoms with E-state index in [-0.39, 0.29) is 0 Å². The van der Waals surface area contributed by atoms with Crippen LogP contribution in [-0.4, -0.2) is 25.9 Å². The molecule has 1 N–H and O–H groups in total. The van der Waals surface area contributed by atoms with Crippen molar-refractivity contribution >= 4 is 27.5 Å². The van der Waals surface area contributed by atoms with Crippen molar-refractivity contribution in [2.75, 3.05) is 17.6 Å². The molecule has 0 fully saturated rings. The van der Waals surface area contributed by atoms with E-state index in [1.54, 1.807) is 0 Å². The molecule has 0 aliphatic rings. The third-order valence-corrected chi connectivity index (χ3v) is 5.22. The number of aromatic nitrogens is 2. The van der Waals surface area contributed by atoms with Crippen LogP contribution in [0, 0.1) is 0 Å². The lowest BCUT2D eigenvalue weighted by Gasteiger charge is -2.03. The smallest absolute Gasteiger partial charge is 0.202 e. The van der Waals surface area contributed by atoms with E-state index in [2.05, 4.69) is 14.7 Å². The van der Waals surface area contributed by atoms with Crippen molar-refractivity contribution in [3.05, 3.63) is 66.2 Å². The van der Waals surface area contributed by atoms with E-state index < -0.39 is 10.8 Å². The van der Waals surface area contributed by atoms with Crippen LogP contribution in [0.1, 0.15) is 5.56 Å². The van der Waals surface area contributed by atoms with Crippen molar-refractivity contribution in [1.29, 1.82) is 0 Å². The number of hydrogen-bond acceptors (Lipinski definition) is 5. The van der Waals surface area contributed by atoms with Gasteiger partial charge in [0.15, 0.2) is 5.82 Å². The molecule has 118 valence electrons. The molecule has 0 amide bonds. The van der Waals surface area contributed by atoms with Gasteiger partial charge in [0, 0.05) is 45.9 Å². The SMILES string of the molecule is O=S(CCNc1nc(-c2ccccc2)ns1)Cc1ccccc1. The fraction of sp³-hybridized carbons (Fsp3) is 0.176. The molecular formula is C17H17N3OS2. The second-order valence-electron chi connectivity index (χ2n) is 4.99. The average Bonchev–Trinajstić information content (AvgIpc) is 3.05. The third-order valence-electron chi connectivity index (χ3n) is 3.23. The summed E-state index contributed by atoms with van der Waals surface area (Å²) in [5.41, 5.74) is 2.11. The van der Waals surface area contributed by atoms with Crippen LogP contribution in [0.3, 0.4) is 0 Å². The van der Waals surface area contributed by atoms with Crippen molar-refractivity contribution in [2.24, 2.45) is 0 Å². The highest BCUT2D eigenvalue weighted by molar-refractivity contribution is 7.84. The van der Waals surface area contributed by atoms with Crippen molar-refractivity contribution in [3.63, 3.8) is 0 Å². The summed E-state index contributed by atoms with van der Waals surface area (Å²) in [7, 11) is -0.880. The first kappa shape index (κ1) is 15.8. The van der Waals surface area contributed by atoms with E-state index >= 15 is 0 Å². The Morgan fingerprint density at radius 2 is 1.70 bits per heavy atom. The molecule has 1 atom stereocenters. The van der Waals surface area contributed by atoms with Crippen LogP contribution in [0.4, 0.5) is 5.13 Å². The van der Waals surface area contributed by atoms with Gasteiger partial charge in [-0.2, -0.15) is 9.36 Å². The Bertz CT molecular complexity index is 760. The Hall–Kier alpha value is -2.05. The molecule has 0 bridgehead atoms. The van der Waals surface area contributed by atoms with Gasteiger partial charge in [0.2, 0.25) is 5.13 Å². The Morgan fingerprint density at radius 3 is 2.43 bits per heavy atom. The van der Waals surface area contributed by atoms with Gasteiger partial charge in [-0.1, -0.05) is 60.7 Å². The van der Waals surface area contributed by atoms with Crippen LogP contribution >= 0.6 is 11.5 Å². The molecule has 3 aromatic rings. The van der Waals surface area contributed by atoms with Crippen LogP contribution in [0.15, 0.2) is 60.7 Å². The normalized spacial score (nSPS) is 12.0. The number of nitrogens with one attached hydrogen (secondary N) is 1. The summed E-state index contributed by atoms with van der Waals surface area (Å²) in [6.07, 6.45) is 0. The Morgan fingerprint density at radius 1 is 1.00 bits per heavy atom. The molecule has 0 aliphatic carbocycles. The minimum atomic E-state index is -0.880. The zero-order valence-corrected chi connectivity index (χ0v) is 14.1. The second kappa shape index (κ2) is 7.99. The summed E-state index contributed by atoms with van der Waals surface area (Å²) in [5, 5.41) is 3.97. The van der Waals surface area contributed by atoms with Crippen LogP contribution in [0.25, 0.3) is 11.4 Å². The van der Waals surface area contributed by atoms with E-state index in [0.29, 0.717) is 18.1 Å². The lowest BCUT2D eigenvalue weighted by Crippen LogP contribution is -2.12. The number of nitrogens with zero attached hydrogens (tertiary/aromatic N) is 2. The monoisotopic (exact) mass is 343 g/mol. The Labute approximate surface area is 142 Å². The number of rotatable bonds is 7. The molecule has 0 aliphatic heterocycles. The molecule has 1 aromatic heterocycles. The minimum Gasteiger partial charge on any atom is -0.359 e. The van der Waals surface area contributed by atoms with Gasteiger partial charge in [-0.3, -0.25) is 4.21 Å². The average molecular weight is 343 g/mol. The molecule has 4 nitrogen and oxygen atoms in total. The van der Waals surface area contributed by atoms with Gasteiger partial charge in [-0.15, -0.1) is 0 Å². The maximum atomic E-state index is 12.1. The molecule has 0 saturated heterocycles. The van der Waals surface area contributed by atoms with Gasteiger partial charge < -0.3 is 5.32 Å². The Kier molecular flexibility index (Phi) is 5.50. The highest BCUT2D eigenvalue weighted by atomic mass is 32.2. The molecular weight excluding hydrogens is 326 g/mol. The second-order valence-corrected chi connectivity index (χ2v) is 7.32. The zero-order chi connectivity index (χ0) is 15.9. The number of anilines is 1. The van der Waals surface area contributed by atoms with Crippen molar-refractivity contribution in [2.45, 2.75) is 5.75 Å². The number of hydrogen-bond donors (Lipinski definition) is 1. The molecule has 1 heterocycles. The molecule has 1 unspecified atom stereocenters. The van der Waals surface area contributed by atoms with Gasteiger partial charge in [-0.05, 0) is 5.56 Å². The summed E-state index contributed by atoms with van der Waals surface area (Å²) < 4.78 is 16.4. The number of benzene rings is 2. The first-order valence-corrected chi connectivity index (χ1v) is 9.59. The third kappa shape index (κ3) is 4.71. The molecule has 6 heteroatoms. The molecule has 23 heavy (non-hydrogen) atoms. The topological polar surface area (TPSA) is 54.9 Å². The molecule has 0 radical (unpaired) electrons. The van der Waals surface area contributed by atoms with Gasteiger partial charge >= 0.3 is 0 Å². The highest BCUT2D eigenvalue weighted by Crippen LogP contribution is 2.20. The maximum Gasteiger partial charge on any atom is 0.202 e. The van der Waals surface area contributed by atoms with Crippen LogP contribution < -0.4 is 5.32 Å². The van der Waals surface area contributed by atoms with Crippen LogP contribution in [0.2, 0.25) is 0 Å². The fourth-order valence-corrected chi connectivity index (χ4v) is 3.76. The van der Waals surface area contributed by atoms with Crippen molar-refractivity contribution in [1.82, 2.24) is 9.36 Å². The highest BCUT2D eigenvalue weighted by Gasteiger charge is 2.06. The van der Waals surface area contributed by atoms with E-state index in [1.165, 1.54) is 11.5 Å². The first-order chi connectivity index (χ1) is 11.3. The summed E-state index contributed by atoms with van der Waals surface area (Å²) in [5.74, 6) is 1.91. The fourth-order valence-electron chi connectivity index (χ4n) is 2.10. The summed E-state index contributed by atoms with van der Waals surface area (Å²) in [6, 6.07) is 19.8. The zero-order valence-electron chi connectivity index (χ0n) is 12.5. The molecule has 0 saturated carbocycles. The molecule has 0 spiro atoms. The van der Waals surface area contributed by atoms with E-state index in [1.807, 2.05) is 60.7 Å². The van der Waals surface area contributed by atoms with Crippen LogP contribution in [-0.2, 0) is 16.6 Å². The lowest BCUT2D eigenvalue weighted by atomic mass is 10.2. The summed E-state index contributed by atoms with van der Waals surface area (Å²) in [4.78, 5) is 4.46. The molecule has 3 rings (SSSR count). The maximum absolute atomic E-state index is 12.1.